The van der Waals surface area contributed by atoms with Crippen molar-refractivity contribution in [2.45, 2.75) is 37.8 Å². The Balaban J connectivity index is 1.06. The van der Waals surface area contributed by atoms with Crippen LogP contribution >= 0.6 is 15.8 Å². The number of amides is 2. The summed E-state index contributed by atoms with van der Waals surface area (Å²) < 4.78 is 0. The van der Waals surface area contributed by atoms with Gasteiger partial charge in [0.1, 0.15) is 0 Å². The van der Waals surface area contributed by atoms with Crippen LogP contribution in [0.2, 0.25) is 0 Å². The fourth-order valence-electron chi connectivity index (χ4n) is 8.88. The molecule has 2 N–H and O–H groups in total. The number of rotatable bonds is 10. The first kappa shape index (κ1) is 37.9. The molecule has 1 fully saturated rings. The summed E-state index contributed by atoms with van der Waals surface area (Å²) in [7, 11) is -2.03. The Morgan fingerprint density at radius 1 is 0.534 bits per heavy atom. The van der Waals surface area contributed by atoms with E-state index in [1.807, 2.05) is 24.3 Å². The summed E-state index contributed by atoms with van der Waals surface area (Å²) in [6, 6.07) is 54.5. The van der Waals surface area contributed by atoms with E-state index >= 15 is 9.59 Å². The summed E-state index contributed by atoms with van der Waals surface area (Å²) >= 11 is 0. The molecule has 58 heavy (non-hydrogen) atoms. The Bertz CT molecular complexity index is 2450. The Morgan fingerprint density at radius 2 is 1.07 bits per heavy atom. The summed E-state index contributed by atoms with van der Waals surface area (Å²) in [4.78, 5) is 30.1. The molecule has 0 heterocycles. The molecule has 2 amide bonds. The SMILES string of the molecule is O=C(N[C@@H]1CCCC[C@H]1NC(=O)C1C(P(c2ccccc2)c2ccccc2)=CC=C2C=CC=CC21)c1c(P(c2ccccc2)c2ccccc2)ccc2ccccc12. The lowest BCUT2D eigenvalue weighted by atomic mass is 9.78. The highest BCUT2D eigenvalue weighted by Gasteiger charge is 2.40. The molecule has 0 bridgehead atoms. The minimum atomic E-state index is -1.04. The lowest BCUT2D eigenvalue weighted by Crippen LogP contribution is -2.55. The molecule has 6 heteroatoms. The van der Waals surface area contributed by atoms with E-state index in [1.165, 1.54) is 21.2 Å². The second kappa shape index (κ2) is 17.5. The van der Waals surface area contributed by atoms with Gasteiger partial charge in [-0.05, 0) is 76.9 Å². The molecule has 286 valence electrons. The predicted molar refractivity (Wildman–Crippen MR) is 245 cm³/mol. The number of nitrogens with one attached hydrogen (secondary N) is 2. The minimum Gasteiger partial charge on any atom is -0.351 e. The zero-order valence-corrected chi connectivity index (χ0v) is 34.1. The van der Waals surface area contributed by atoms with Gasteiger partial charge in [0.05, 0.1) is 11.5 Å². The van der Waals surface area contributed by atoms with Crippen LogP contribution in [0.15, 0.2) is 205 Å². The maximum atomic E-state index is 15.1. The first-order valence-electron chi connectivity index (χ1n) is 20.3. The van der Waals surface area contributed by atoms with Crippen LogP contribution in [0.5, 0.6) is 0 Å². The van der Waals surface area contributed by atoms with Crippen LogP contribution < -0.4 is 37.2 Å². The zero-order chi connectivity index (χ0) is 39.3. The molecule has 4 atom stereocenters. The standard InChI is InChI=1S/C52H46N2O2P2/c55-51(49-43-29-15-13-19-37(43)33-35-47(49)57(39-21-5-1-6-22-39)40-23-7-2-8-24-40)53-45-31-17-18-32-46(45)54-52(56)50-44-30-16-14-20-38(44)34-36-48(50)58(41-25-9-3-10-26-41)42-27-11-4-12-28-42/h1-16,19-30,33-36,43,45-46,49H,17-18,31-32H2,(H,53,55)(H,54,56)/t43?,45-,46-,49?/m1/s1. The van der Waals surface area contributed by atoms with Crippen molar-refractivity contribution < 1.29 is 9.59 Å². The molecular weight excluding hydrogens is 747 g/mol. The molecule has 1 saturated carbocycles. The van der Waals surface area contributed by atoms with Crippen LogP contribution in [-0.4, -0.2) is 23.9 Å². The Hall–Kier alpha value is -5.66. The van der Waals surface area contributed by atoms with E-state index in [-0.39, 0.29) is 29.8 Å². The Labute approximate surface area is 344 Å². The van der Waals surface area contributed by atoms with E-state index < -0.39 is 21.8 Å². The van der Waals surface area contributed by atoms with E-state index in [9.17, 15) is 0 Å². The number of benzene rings is 6. The average Bonchev–Trinajstić information content (AvgIpc) is 3.28. The van der Waals surface area contributed by atoms with Gasteiger partial charge in [0.2, 0.25) is 5.91 Å². The van der Waals surface area contributed by atoms with Crippen molar-refractivity contribution in [3.8, 4) is 0 Å². The van der Waals surface area contributed by atoms with Crippen LogP contribution in [0.25, 0.3) is 10.8 Å². The topological polar surface area (TPSA) is 58.2 Å². The summed E-state index contributed by atoms with van der Waals surface area (Å²) in [6.07, 6.45) is 16.5. The number of carbonyl (C=O) groups is 2. The number of fused-ring (bicyclic) bond motifs is 2. The molecule has 0 saturated heterocycles. The number of hydrogen-bond acceptors (Lipinski definition) is 2. The van der Waals surface area contributed by atoms with Gasteiger partial charge in [-0.25, -0.2) is 0 Å². The maximum absolute atomic E-state index is 15.1. The average molecular weight is 793 g/mol. The van der Waals surface area contributed by atoms with E-state index in [4.69, 9.17) is 0 Å². The summed E-state index contributed by atoms with van der Waals surface area (Å²) in [5, 5.41) is 16.1. The molecule has 3 aliphatic rings. The van der Waals surface area contributed by atoms with E-state index in [2.05, 4.69) is 181 Å². The maximum Gasteiger partial charge on any atom is 0.252 e. The van der Waals surface area contributed by atoms with Gasteiger partial charge in [0.15, 0.2) is 0 Å². The van der Waals surface area contributed by atoms with Crippen molar-refractivity contribution in [2.24, 2.45) is 11.8 Å². The molecule has 9 rings (SSSR count). The van der Waals surface area contributed by atoms with Crippen LogP contribution in [0.3, 0.4) is 0 Å². The van der Waals surface area contributed by atoms with Crippen molar-refractivity contribution in [2.75, 3.05) is 0 Å². The first-order valence-corrected chi connectivity index (χ1v) is 23.0. The molecule has 0 aliphatic heterocycles. The Kier molecular flexibility index (Phi) is 11.4. The highest BCUT2D eigenvalue weighted by atomic mass is 31.1. The Morgan fingerprint density at radius 3 is 1.67 bits per heavy atom. The lowest BCUT2D eigenvalue weighted by molar-refractivity contribution is -0.125. The van der Waals surface area contributed by atoms with Crippen molar-refractivity contribution in [3.05, 3.63) is 211 Å². The third-order valence-corrected chi connectivity index (χ3v) is 16.7. The smallest absolute Gasteiger partial charge is 0.252 e. The number of hydrogen-bond donors (Lipinski definition) is 2. The predicted octanol–water partition coefficient (Wildman–Crippen LogP) is 9.07. The number of allylic oxidation sites excluding steroid dienone is 7. The van der Waals surface area contributed by atoms with Gasteiger partial charge in [-0.2, -0.15) is 0 Å². The summed E-state index contributed by atoms with van der Waals surface area (Å²) in [5.41, 5.74) is 1.86. The molecule has 0 aromatic heterocycles. The monoisotopic (exact) mass is 792 g/mol. The molecule has 2 unspecified atom stereocenters. The summed E-state index contributed by atoms with van der Waals surface area (Å²) in [5.74, 6) is -0.531. The van der Waals surface area contributed by atoms with Gasteiger partial charge in [0, 0.05) is 18.0 Å². The molecular formula is C52H46N2O2P2. The summed E-state index contributed by atoms with van der Waals surface area (Å²) in [6.45, 7) is 0. The molecule has 4 nitrogen and oxygen atoms in total. The van der Waals surface area contributed by atoms with E-state index in [1.54, 1.807) is 0 Å². The van der Waals surface area contributed by atoms with Crippen LogP contribution in [-0.2, 0) is 4.79 Å². The first-order chi connectivity index (χ1) is 28.6. The fraction of sp³-hybridized carbons (Fsp3) is 0.154. The molecule has 3 aliphatic carbocycles. The van der Waals surface area contributed by atoms with Crippen molar-refractivity contribution in [3.63, 3.8) is 0 Å². The largest absolute Gasteiger partial charge is 0.351 e. The third-order valence-electron chi connectivity index (χ3n) is 11.6. The zero-order valence-electron chi connectivity index (χ0n) is 32.3. The fourth-order valence-corrected chi connectivity index (χ4v) is 14.0. The second-order valence-electron chi connectivity index (χ2n) is 15.2. The van der Waals surface area contributed by atoms with Gasteiger partial charge in [-0.3, -0.25) is 9.59 Å². The van der Waals surface area contributed by atoms with E-state index in [0.717, 1.165) is 58.2 Å². The third kappa shape index (κ3) is 7.80. The quantitative estimate of drug-likeness (QED) is 0.136. The number of carbonyl (C=O) groups excluding carboxylic acids is 2. The molecule has 0 spiro atoms. The van der Waals surface area contributed by atoms with Crippen molar-refractivity contribution in [1.82, 2.24) is 10.6 Å². The lowest BCUT2D eigenvalue weighted by Gasteiger charge is -2.38. The minimum absolute atomic E-state index is 0.0230. The van der Waals surface area contributed by atoms with Crippen molar-refractivity contribution >= 4 is 65.0 Å². The van der Waals surface area contributed by atoms with Crippen LogP contribution in [0.1, 0.15) is 36.0 Å². The molecule has 6 aromatic carbocycles. The van der Waals surface area contributed by atoms with Gasteiger partial charge < -0.3 is 10.6 Å². The van der Waals surface area contributed by atoms with Gasteiger partial charge >= 0.3 is 0 Å². The van der Waals surface area contributed by atoms with Gasteiger partial charge in [-0.1, -0.05) is 207 Å². The van der Waals surface area contributed by atoms with Gasteiger partial charge in [-0.15, -0.1) is 0 Å². The van der Waals surface area contributed by atoms with Crippen LogP contribution in [0, 0.1) is 11.8 Å². The second-order valence-corrected chi connectivity index (χ2v) is 19.6. The molecule has 6 aromatic rings. The van der Waals surface area contributed by atoms with Gasteiger partial charge in [0.25, 0.3) is 5.91 Å². The highest BCUT2D eigenvalue weighted by molar-refractivity contribution is 7.80. The normalized spacial score (nSPS) is 20.0. The van der Waals surface area contributed by atoms with Crippen LogP contribution in [0.4, 0.5) is 0 Å². The molecule has 0 radical (unpaired) electrons. The highest BCUT2D eigenvalue weighted by Crippen LogP contribution is 2.52. The van der Waals surface area contributed by atoms with E-state index in [0.29, 0.717) is 0 Å². The van der Waals surface area contributed by atoms with Crippen molar-refractivity contribution in [1.29, 1.82) is 0 Å².